The third-order valence-corrected chi connectivity index (χ3v) is 3.17. The van der Waals surface area contributed by atoms with E-state index in [1.165, 1.54) is 51.4 Å². The molecule has 0 saturated carbocycles. The van der Waals surface area contributed by atoms with E-state index in [1.54, 1.807) is 12.4 Å². The normalized spacial score (nSPS) is 10.6. The first-order valence-electron chi connectivity index (χ1n) is 7.36. The quantitative estimate of drug-likeness (QED) is 0.232. The summed E-state index contributed by atoms with van der Waals surface area (Å²) in [7, 11) is 0. The zero-order valence-electron chi connectivity index (χ0n) is 12.1. The van der Waals surface area contributed by atoms with Gasteiger partial charge in [-0.1, -0.05) is 50.7 Å². The van der Waals surface area contributed by atoms with Crippen LogP contribution in [0.4, 0.5) is 0 Å². The Morgan fingerprint density at radius 3 is 1.30 bits per heavy atom. The number of thiocarbonyl (C=S) groups is 2. The maximum atomic E-state index is 4.47. The van der Waals surface area contributed by atoms with Crippen molar-refractivity contribution in [3.63, 3.8) is 0 Å². The minimum Gasteiger partial charge on any atom is -0.203 e. The molecule has 0 fully saturated rings. The third-order valence-electron chi connectivity index (χ3n) is 2.96. The third kappa shape index (κ3) is 17.1. The van der Waals surface area contributed by atoms with Crippen molar-refractivity contribution < 1.29 is 0 Å². The Bertz CT molecular complexity index is 327. The van der Waals surface area contributed by atoms with Crippen LogP contribution in [0.5, 0.6) is 0 Å². The molecule has 0 aromatic rings. The van der Waals surface area contributed by atoms with Crippen molar-refractivity contribution in [2.24, 2.45) is 9.98 Å². The summed E-state index contributed by atoms with van der Waals surface area (Å²) >= 11 is 8.95. The monoisotopic (exact) mass is 308 g/mol. The van der Waals surface area contributed by atoms with Crippen molar-refractivity contribution in [3.05, 3.63) is 24.6 Å². The second kappa shape index (κ2) is 18.1. The fourth-order valence-electron chi connectivity index (χ4n) is 1.90. The summed E-state index contributed by atoms with van der Waals surface area (Å²) in [6.45, 7) is 0. The lowest BCUT2D eigenvalue weighted by atomic mass is 10.1. The number of unbranched alkanes of at least 4 members (excludes halogenated alkanes) is 9. The summed E-state index contributed by atoms with van der Waals surface area (Å²) in [5, 5.41) is 4.64. The first-order chi connectivity index (χ1) is 9.91. The number of allylic oxidation sites excluding steroid dienone is 2. The van der Waals surface area contributed by atoms with E-state index in [0.717, 1.165) is 12.8 Å². The molecule has 0 atom stereocenters. The summed E-state index contributed by atoms with van der Waals surface area (Å²) in [6, 6.07) is 0. The van der Waals surface area contributed by atoms with E-state index < -0.39 is 0 Å². The fraction of sp³-hybridized carbons (Fsp3) is 0.625. The van der Waals surface area contributed by atoms with Crippen molar-refractivity contribution in [2.45, 2.75) is 64.2 Å². The van der Waals surface area contributed by atoms with E-state index in [1.807, 2.05) is 0 Å². The van der Waals surface area contributed by atoms with Gasteiger partial charge in [-0.25, -0.2) is 9.98 Å². The Kier molecular flexibility index (Phi) is 17.2. The minimum atomic E-state index is 1.09. The van der Waals surface area contributed by atoms with Crippen LogP contribution in [0.15, 0.2) is 34.5 Å². The smallest absolute Gasteiger partial charge is 0.0634 e. The lowest BCUT2D eigenvalue weighted by molar-refractivity contribution is 0.571. The molecule has 110 valence electrons. The molecular formula is C16H24N2S2. The van der Waals surface area contributed by atoms with Gasteiger partial charge in [0.15, 0.2) is 0 Å². The molecule has 20 heavy (non-hydrogen) atoms. The molecule has 0 aliphatic heterocycles. The lowest BCUT2D eigenvalue weighted by Crippen LogP contribution is -1.81. The molecular weight excluding hydrogens is 284 g/mol. The van der Waals surface area contributed by atoms with Gasteiger partial charge in [0.2, 0.25) is 0 Å². The number of rotatable bonds is 13. The van der Waals surface area contributed by atoms with Gasteiger partial charge >= 0.3 is 0 Å². The molecule has 0 amide bonds. The number of nitrogens with zero attached hydrogens (tertiary/aromatic N) is 2. The van der Waals surface area contributed by atoms with E-state index >= 15 is 0 Å². The molecule has 0 aliphatic rings. The Morgan fingerprint density at radius 1 is 0.600 bits per heavy atom. The number of hydrogen-bond acceptors (Lipinski definition) is 4. The summed E-state index contributed by atoms with van der Waals surface area (Å²) in [5.74, 6) is 0. The van der Waals surface area contributed by atoms with Crippen molar-refractivity contribution >= 4 is 34.8 Å². The van der Waals surface area contributed by atoms with E-state index in [-0.39, 0.29) is 0 Å². The van der Waals surface area contributed by atoms with Gasteiger partial charge in [0.25, 0.3) is 0 Å². The van der Waals surface area contributed by atoms with E-state index in [4.69, 9.17) is 0 Å². The molecule has 0 spiro atoms. The van der Waals surface area contributed by atoms with Crippen LogP contribution < -0.4 is 0 Å². The first kappa shape index (κ1) is 19.1. The average Bonchev–Trinajstić information content (AvgIpc) is 2.47. The molecule has 4 heteroatoms. The Balaban J connectivity index is 3.13. The average molecular weight is 309 g/mol. The minimum absolute atomic E-state index is 1.09. The van der Waals surface area contributed by atoms with Gasteiger partial charge in [-0.3, -0.25) is 0 Å². The Morgan fingerprint density at radius 2 is 0.950 bits per heavy atom. The number of aliphatic imine (C=N–C) groups is 2. The molecule has 0 aliphatic carbocycles. The fourth-order valence-corrected chi connectivity index (χ4v) is 2.02. The second-order valence-corrected chi connectivity index (χ2v) is 4.98. The van der Waals surface area contributed by atoms with Crippen LogP contribution in [0.25, 0.3) is 0 Å². The molecule has 2 nitrogen and oxygen atoms in total. The summed E-state index contributed by atoms with van der Waals surface area (Å²) in [4.78, 5) is 7.47. The summed E-state index contributed by atoms with van der Waals surface area (Å²) in [6.07, 6.45) is 20.3. The standard InChI is InChI=1S/C16H24N2S2/c19-15-17-13-11-9-7-5-3-1-2-4-6-8-10-12-14-18-16-20/h11-14H,1-10H2. The maximum Gasteiger partial charge on any atom is 0.0634 e. The second-order valence-electron chi connectivity index (χ2n) is 4.62. The van der Waals surface area contributed by atoms with E-state index in [2.05, 4.69) is 56.9 Å². The lowest BCUT2D eigenvalue weighted by Gasteiger charge is -2.00. The number of isothiocyanates is 2. The van der Waals surface area contributed by atoms with E-state index in [9.17, 15) is 0 Å². The predicted octanol–water partition coefficient (Wildman–Crippen LogP) is 6.12. The van der Waals surface area contributed by atoms with Crippen LogP contribution in [0, 0.1) is 0 Å². The highest BCUT2D eigenvalue weighted by molar-refractivity contribution is 7.78. The van der Waals surface area contributed by atoms with Crippen LogP contribution in [0.2, 0.25) is 0 Å². The van der Waals surface area contributed by atoms with Crippen LogP contribution in [-0.2, 0) is 0 Å². The maximum absolute atomic E-state index is 4.47. The van der Waals surface area contributed by atoms with Crippen molar-refractivity contribution in [3.8, 4) is 0 Å². The molecule has 0 unspecified atom stereocenters. The molecule has 0 bridgehead atoms. The molecule has 0 saturated heterocycles. The van der Waals surface area contributed by atoms with Crippen LogP contribution in [0.3, 0.4) is 0 Å². The van der Waals surface area contributed by atoms with Crippen molar-refractivity contribution in [2.75, 3.05) is 0 Å². The SMILES string of the molecule is S=C=NC=CCCCCCCCCCCC=CN=C=S. The highest BCUT2D eigenvalue weighted by atomic mass is 32.1. The zero-order valence-corrected chi connectivity index (χ0v) is 13.7. The molecule has 0 radical (unpaired) electrons. The van der Waals surface area contributed by atoms with Crippen LogP contribution in [-0.4, -0.2) is 10.3 Å². The summed E-state index contributed by atoms with van der Waals surface area (Å²) < 4.78 is 0. The molecule has 0 aromatic carbocycles. The molecule has 0 rings (SSSR count). The van der Waals surface area contributed by atoms with E-state index in [0.29, 0.717) is 0 Å². The van der Waals surface area contributed by atoms with Gasteiger partial charge in [-0.2, -0.15) is 0 Å². The topological polar surface area (TPSA) is 24.7 Å². The van der Waals surface area contributed by atoms with Gasteiger partial charge in [-0.05, 0) is 50.1 Å². The van der Waals surface area contributed by atoms with Gasteiger partial charge < -0.3 is 0 Å². The number of hydrogen-bond donors (Lipinski definition) is 0. The molecule has 0 heterocycles. The molecule has 0 aromatic heterocycles. The van der Waals surface area contributed by atoms with Crippen LogP contribution in [0.1, 0.15) is 64.2 Å². The Labute approximate surface area is 133 Å². The largest absolute Gasteiger partial charge is 0.203 e. The zero-order chi connectivity index (χ0) is 14.7. The van der Waals surface area contributed by atoms with Gasteiger partial charge in [-0.15, -0.1) is 0 Å². The van der Waals surface area contributed by atoms with Gasteiger partial charge in [0.1, 0.15) is 0 Å². The Hall–Kier alpha value is -0.920. The van der Waals surface area contributed by atoms with Gasteiger partial charge in [0, 0.05) is 12.4 Å². The molecule has 0 N–H and O–H groups in total. The first-order valence-corrected chi connectivity index (χ1v) is 8.17. The highest BCUT2D eigenvalue weighted by Crippen LogP contribution is 2.11. The van der Waals surface area contributed by atoms with Crippen LogP contribution >= 0.6 is 24.4 Å². The summed E-state index contributed by atoms with van der Waals surface area (Å²) in [5.41, 5.74) is 0. The van der Waals surface area contributed by atoms with Crippen molar-refractivity contribution in [1.82, 2.24) is 0 Å². The van der Waals surface area contributed by atoms with Gasteiger partial charge in [0.05, 0.1) is 10.3 Å². The highest BCUT2D eigenvalue weighted by Gasteiger charge is 1.91. The van der Waals surface area contributed by atoms with Crippen molar-refractivity contribution in [1.29, 1.82) is 0 Å². The predicted molar refractivity (Wildman–Crippen MR) is 94.5 cm³/mol.